The van der Waals surface area contributed by atoms with Gasteiger partial charge in [-0.25, -0.2) is 0 Å². The lowest BCUT2D eigenvalue weighted by atomic mass is 9.98. The molecule has 1 unspecified atom stereocenters. The fraction of sp³-hybridized carbons (Fsp3) is 0.545. The van der Waals surface area contributed by atoms with E-state index in [0.717, 1.165) is 6.07 Å². The Hall–Kier alpha value is -1.10. The number of hydrogen-bond donors (Lipinski definition) is 1. The highest BCUT2D eigenvalue weighted by atomic mass is 19.4. The van der Waals surface area contributed by atoms with Crippen molar-refractivity contribution in [2.45, 2.75) is 32.5 Å². The summed E-state index contributed by atoms with van der Waals surface area (Å²) in [6.45, 7) is 3.75. The van der Waals surface area contributed by atoms with Gasteiger partial charge < -0.3 is 5.73 Å². The van der Waals surface area contributed by atoms with Crippen LogP contribution in [0.25, 0.3) is 0 Å². The van der Waals surface area contributed by atoms with E-state index in [-0.39, 0.29) is 24.1 Å². The maximum absolute atomic E-state index is 12.6. The first-order valence-electron chi connectivity index (χ1n) is 5.09. The predicted octanol–water partition coefficient (Wildman–Crippen LogP) is 2.63. The summed E-state index contributed by atoms with van der Waals surface area (Å²) in [6.07, 6.45) is -2.86. The minimum absolute atomic E-state index is 0.0243. The number of halogens is 3. The average Bonchev–Trinajstić information content (AvgIpc) is 2.16. The molecule has 5 heteroatoms. The lowest BCUT2D eigenvalue weighted by molar-refractivity contribution is -0.138. The number of aromatic nitrogens is 1. The number of nitrogens with two attached hydrogens (primary N) is 1. The van der Waals surface area contributed by atoms with Crippen molar-refractivity contribution < 1.29 is 13.2 Å². The topological polar surface area (TPSA) is 38.9 Å². The molecular formula is C11H15F3N2. The van der Waals surface area contributed by atoms with Gasteiger partial charge in [0.1, 0.15) is 0 Å². The Morgan fingerprint density at radius 3 is 2.50 bits per heavy atom. The summed E-state index contributed by atoms with van der Waals surface area (Å²) >= 11 is 0. The minimum atomic E-state index is -4.36. The molecule has 0 fully saturated rings. The van der Waals surface area contributed by atoms with E-state index in [4.69, 9.17) is 5.73 Å². The molecule has 0 saturated carbocycles. The molecule has 0 radical (unpaired) electrons. The average molecular weight is 232 g/mol. The highest BCUT2D eigenvalue weighted by Crippen LogP contribution is 2.31. The molecular weight excluding hydrogens is 217 g/mol. The largest absolute Gasteiger partial charge is 0.418 e. The van der Waals surface area contributed by atoms with Crippen molar-refractivity contribution in [3.63, 3.8) is 0 Å². The molecule has 16 heavy (non-hydrogen) atoms. The molecule has 0 aliphatic rings. The second kappa shape index (κ2) is 4.82. The Bertz CT molecular complexity index is 347. The van der Waals surface area contributed by atoms with Crippen molar-refractivity contribution in [3.8, 4) is 0 Å². The number of rotatable bonds is 3. The maximum Gasteiger partial charge on any atom is 0.418 e. The molecule has 1 heterocycles. The number of alkyl halides is 3. The first-order chi connectivity index (χ1) is 7.32. The Balaban J connectivity index is 2.96. The second-order valence-electron chi connectivity index (χ2n) is 4.11. The van der Waals surface area contributed by atoms with Gasteiger partial charge in [0.25, 0.3) is 0 Å². The number of hydrogen-bond acceptors (Lipinski definition) is 2. The summed E-state index contributed by atoms with van der Waals surface area (Å²) in [7, 11) is 0. The van der Waals surface area contributed by atoms with Crippen LogP contribution >= 0.6 is 0 Å². The molecule has 0 aromatic carbocycles. The van der Waals surface area contributed by atoms with E-state index < -0.39 is 11.7 Å². The van der Waals surface area contributed by atoms with E-state index in [2.05, 4.69) is 4.98 Å². The van der Waals surface area contributed by atoms with E-state index in [1.165, 1.54) is 12.3 Å². The third-order valence-electron chi connectivity index (χ3n) is 2.48. The number of nitrogens with zero attached hydrogens (tertiary/aromatic N) is 1. The Morgan fingerprint density at radius 1 is 1.38 bits per heavy atom. The van der Waals surface area contributed by atoms with E-state index in [0.29, 0.717) is 0 Å². The predicted molar refractivity (Wildman–Crippen MR) is 55.8 cm³/mol. The van der Waals surface area contributed by atoms with Gasteiger partial charge in [-0.2, -0.15) is 13.2 Å². The zero-order chi connectivity index (χ0) is 12.3. The van der Waals surface area contributed by atoms with Crippen LogP contribution in [0.4, 0.5) is 13.2 Å². The highest BCUT2D eigenvalue weighted by Gasteiger charge is 2.34. The first-order valence-corrected chi connectivity index (χ1v) is 5.09. The lowest BCUT2D eigenvalue weighted by Gasteiger charge is -2.17. The van der Waals surface area contributed by atoms with Crippen LogP contribution in [0.5, 0.6) is 0 Å². The van der Waals surface area contributed by atoms with Crippen LogP contribution in [0.2, 0.25) is 0 Å². The maximum atomic E-state index is 12.6. The molecule has 90 valence electrons. The van der Waals surface area contributed by atoms with Gasteiger partial charge in [-0.15, -0.1) is 0 Å². The van der Waals surface area contributed by atoms with Crippen molar-refractivity contribution in [3.05, 3.63) is 29.6 Å². The van der Waals surface area contributed by atoms with Gasteiger partial charge in [0.15, 0.2) is 0 Å². The minimum Gasteiger partial charge on any atom is -0.327 e. The standard InChI is InChI=1S/C11H15F3N2/c1-7(2)9(15)6-10-8(11(12,13)14)4-3-5-16-10/h3-5,7,9H,6,15H2,1-2H3. The van der Waals surface area contributed by atoms with E-state index in [1.54, 1.807) is 0 Å². The summed E-state index contributed by atoms with van der Waals surface area (Å²) in [6, 6.07) is 2.01. The van der Waals surface area contributed by atoms with Gasteiger partial charge in [0.05, 0.1) is 11.3 Å². The molecule has 2 nitrogen and oxygen atoms in total. The Morgan fingerprint density at radius 2 is 2.00 bits per heavy atom. The van der Waals surface area contributed by atoms with Gasteiger partial charge in [-0.1, -0.05) is 13.8 Å². The lowest BCUT2D eigenvalue weighted by Crippen LogP contribution is -2.30. The molecule has 0 amide bonds. The van der Waals surface area contributed by atoms with Crippen LogP contribution in [-0.2, 0) is 12.6 Å². The molecule has 1 rings (SSSR count). The van der Waals surface area contributed by atoms with Crippen LogP contribution in [0, 0.1) is 5.92 Å². The van der Waals surface area contributed by atoms with Crippen molar-refractivity contribution in [1.82, 2.24) is 4.98 Å². The molecule has 0 bridgehead atoms. The van der Waals surface area contributed by atoms with Gasteiger partial charge >= 0.3 is 6.18 Å². The molecule has 0 spiro atoms. The molecule has 1 aromatic heterocycles. The van der Waals surface area contributed by atoms with Gasteiger partial charge in [0.2, 0.25) is 0 Å². The molecule has 0 aliphatic heterocycles. The van der Waals surface area contributed by atoms with E-state index in [1.807, 2.05) is 13.8 Å². The third kappa shape index (κ3) is 3.20. The zero-order valence-corrected chi connectivity index (χ0v) is 9.25. The van der Waals surface area contributed by atoms with Crippen molar-refractivity contribution in [2.24, 2.45) is 11.7 Å². The quantitative estimate of drug-likeness (QED) is 0.870. The molecule has 0 aliphatic carbocycles. The molecule has 0 saturated heterocycles. The second-order valence-corrected chi connectivity index (χ2v) is 4.11. The molecule has 1 aromatic rings. The van der Waals surface area contributed by atoms with Crippen LogP contribution in [0.15, 0.2) is 18.3 Å². The van der Waals surface area contributed by atoms with Crippen molar-refractivity contribution in [1.29, 1.82) is 0 Å². The van der Waals surface area contributed by atoms with Gasteiger partial charge in [-0.05, 0) is 18.1 Å². The summed E-state index contributed by atoms with van der Waals surface area (Å²) in [5.74, 6) is 0.128. The monoisotopic (exact) mass is 232 g/mol. The van der Waals surface area contributed by atoms with Crippen molar-refractivity contribution >= 4 is 0 Å². The van der Waals surface area contributed by atoms with Gasteiger partial charge in [-0.3, -0.25) is 4.98 Å². The molecule has 1 atom stereocenters. The summed E-state index contributed by atoms with van der Waals surface area (Å²) in [5, 5.41) is 0. The summed E-state index contributed by atoms with van der Waals surface area (Å²) in [4.78, 5) is 3.77. The van der Waals surface area contributed by atoms with Gasteiger partial charge in [0, 0.05) is 18.7 Å². The van der Waals surface area contributed by atoms with Crippen LogP contribution < -0.4 is 5.73 Å². The van der Waals surface area contributed by atoms with E-state index >= 15 is 0 Å². The highest BCUT2D eigenvalue weighted by molar-refractivity contribution is 5.23. The fourth-order valence-corrected chi connectivity index (χ4v) is 1.32. The van der Waals surface area contributed by atoms with Crippen LogP contribution in [-0.4, -0.2) is 11.0 Å². The van der Waals surface area contributed by atoms with Crippen molar-refractivity contribution in [2.75, 3.05) is 0 Å². The third-order valence-corrected chi connectivity index (χ3v) is 2.48. The number of pyridine rings is 1. The SMILES string of the molecule is CC(C)C(N)Cc1ncccc1C(F)(F)F. The Kier molecular flexibility index (Phi) is 3.91. The summed E-state index contributed by atoms with van der Waals surface area (Å²) < 4.78 is 37.9. The molecule has 2 N–H and O–H groups in total. The summed E-state index contributed by atoms with van der Waals surface area (Å²) in [5.41, 5.74) is 5.09. The zero-order valence-electron chi connectivity index (χ0n) is 9.25. The van der Waals surface area contributed by atoms with Crippen LogP contribution in [0.1, 0.15) is 25.1 Å². The Labute approximate surface area is 92.7 Å². The fourth-order valence-electron chi connectivity index (χ4n) is 1.32. The van der Waals surface area contributed by atoms with Crippen LogP contribution in [0.3, 0.4) is 0 Å². The smallest absolute Gasteiger partial charge is 0.327 e. The first kappa shape index (κ1) is 13.0. The normalized spacial score (nSPS) is 14.2. The van der Waals surface area contributed by atoms with E-state index in [9.17, 15) is 13.2 Å².